The number of nitrogens with two attached hydrogens (primary N) is 1. The molecule has 0 aliphatic heterocycles. The SMILES string of the molecule is CC1CCC(O)(CNc2nc(N)cc(Br)n2)CC1. The van der Waals surface area contributed by atoms with Crippen LogP contribution < -0.4 is 11.1 Å². The fourth-order valence-corrected chi connectivity index (χ4v) is 2.64. The van der Waals surface area contributed by atoms with E-state index in [4.69, 9.17) is 5.73 Å². The maximum atomic E-state index is 10.4. The summed E-state index contributed by atoms with van der Waals surface area (Å²) in [4.78, 5) is 8.25. The first-order valence-electron chi connectivity index (χ1n) is 6.23. The van der Waals surface area contributed by atoms with Gasteiger partial charge in [-0.15, -0.1) is 0 Å². The van der Waals surface area contributed by atoms with Crippen LogP contribution in [0.15, 0.2) is 10.7 Å². The first-order chi connectivity index (χ1) is 8.47. The van der Waals surface area contributed by atoms with Crippen molar-refractivity contribution >= 4 is 27.7 Å². The largest absolute Gasteiger partial charge is 0.388 e. The molecule has 0 aromatic carbocycles. The molecular formula is C12H19BrN4O. The molecular weight excluding hydrogens is 296 g/mol. The summed E-state index contributed by atoms with van der Waals surface area (Å²) in [6, 6.07) is 1.64. The van der Waals surface area contributed by atoms with Crippen molar-refractivity contribution in [2.45, 2.75) is 38.2 Å². The van der Waals surface area contributed by atoms with Gasteiger partial charge in [0.05, 0.1) is 5.60 Å². The van der Waals surface area contributed by atoms with Crippen LogP contribution in [0.4, 0.5) is 11.8 Å². The van der Waals surface area contributed by atoms with Gasteiger partial charge in [0.1, 0.15) is 10.4 Å². The molecule has 100 valence electrons. The van der Waals surface area contributed by atoms with Crippen molar-refractivity contribution in [3.63, 3.8) is 0 Å². The number of hydrogen-bond acceptors (Lipinski definition) is 5. The second-order valence-electron chi connectivity index (χ2n) is 5.20. The first-order valence-corrected chi connectivity index (χ1v) is 7.02. The van der Waals surface area contributed by atoms with Crippen LogP contribution in [0.25, 0.3) is 0 Å². The third-order valence-electron chi connectivity index (χ3n) is 3.50. The molecule has 1 heterocycles. The molecule has 0 bridgehead atoms. The highest BCUT2D eigenvalue weighted by atomic mass is 79.9. The van der Waals surface area contributed by atoms with Crippen LogP contribution in [-0.2, 0) is 0 Å². The summed E-state index contributed by atoms with van der Waals surface area (Å²) in [6.07, 6.45) is 3.79. The van der Waals surface area contributed by atoms with Gasteiger partial charge < -0.3 is 16.2 Å². The molecule has 2 rings (SSSR count). The van der Waals surface area contributed by atoms with Gasteiger partial charge in [-0.2, -0.15) is 4.98 Å². The lowest BCUT2D eigenvalue weighted by Crippen LogP contribution is -2.40. The maximum absolute atomic E-state index is 10.4. The molecule has 6 heteroatoms. The third kappa shape index (κ3) is 3.55. The van der Waals surface area contributed by atoms with E-state index in [-0.39, 0.29) is 0 Å². The van der Waals surface area contributed by atoms with E-state index in [1.165, 1.54) is 0 Å². The number of anilines is 2. The average Bonchev–Trinajstić information content (AvgIpc) is 2.30. The summed E-state index contributed by atoms with van der Waals surface area (Å²) >= 11 is 3.27. The van der Waals surface area contributed by atoms with Gasteiger partial charge in [0.25, 0.3) is 0 Å². The van der Waals surface area contributed by atoms with Gasteiger partial charge in [-0.25, -0.2) is 4.98 Å². The third-order valence-corrected chi connectivity index (χ3v) is 3.90. The van der Waals surface area contributed by atoms with E-state index < -0.39 is 5.60 Å². The highest BCUT2D eigenvalue weighted by Crippen LogP contribution is 2.31. The Morgan fingerprint density at radius 1 is 1.50 bits per heavy atom. The molecule has 1 aromatic rings. The van der Waals surface area contributed by atoms with Crippen LogP contribution >= 0.6 is 15.9 Å². The number of halogens is 1. The lowest BCUT2D eigenvalue weighted by Gasteiger charge is -2.34. The Balaban J connectivity index is 1.94. The molecule has 18 heavy (non-hydrogen) atoms. The van der Waals surface area contributed by atoms with Crippen LogP contribution in [0, 0.1) is 5.92 Å². The van der Waals surface area contributed by atoms with Gasteiger partial charge in [-0.05, 0) is 47.5 Å². The summed E-state index contributed by atoms with van der Waals surface area (Å²) in [5.74, 6) is 1.57. The van der Waals surface area contributed by atoms with Crippen molar-refractivity contribution in [1.82, 2.24) is 9.97 Å². The standard InChI is InChI=1S/C12H19BrN4O/c1-8-2-4-12(18,5-3-8)7-15-11-16-9(13)6-10(14)17-11/h6,8,18H,2-5,7H2,1H3,(H3,14,15,16,17). The van der Waals surface area contributed by atoms with Crippen molar-refractivity contribution in [2.24, 2.45) is 5.92 Å². The predicted octanol–water partition coefficient (Wildman–Crippen LogP) is 2.17. The highest BCUT2D eigenvalue weighted by molar-refractivity contribution is 9.10. The molecule has 1 fully saturated rings. The Morgan fingerprint density at radius 2 is 2.17 bits per heavy atom. The normalized spacial score (nSPS) is 28.1. The zero-order chi connectivity index (χ0) is 13.2. The number of hydrogen-bond donors (Lipinski definition) is 3. The van der Waals surface area contributed by atoms with E-state index in [9.17, 15) is 5.11 Å². The second kappa shape index (κ2) is 5.40. The molecule has 0 spiro atoms. The minimum Gasteiger partial charge on any atom is -0.388 e. The zero-order valence-electron chi connectivity index (χ0n) is 10.5. The van der Waals surface area contributed by atoms with Crippen molar-refractivity contribution in [2.75, 3.05) is 17.6 Å². The van der Waals surface area contributed by atoms with E-state index >= 15 is 0 Å². The van der Waals surface area contributed by atoms with Crippen LogP contribution in [0.2, 0.25) is 0 Å². The highest BCUT2D eigenvalue weighted by Gasteiger charge is 2.31. The van der Waals surface area contributed by atoms with E-state index in [1.807, 2.05) is 0 Å². The summed E-state index contributed by atoms with van der Waals surface area (Å²) < 4.78 is 0.641. The fourth-order valence-electron chi connectivity index (χ4n) is 2.23. The zero-order valence-corrected chi connectivity index (χ0v) is 12.1. The number of aliphatic hydroxyl groups is 1. The monoisotopic (exact) mass is 314 g/mol. The first kappa shape index (κ1) is 13.5. The van der Waals surface area contributed by atoms with Gasteiger partial charge in [0, 0.05) is 12.6 Å². The van der Waals surface area contributed by atoms with Crippen LogP contribution in [0.3, 0.4) is 0 Å². The lowest BCUT2D eigenvalue weighted by molar-refractivity contribution is 0.00487. The van der Waals surface area contributed by atoms with Gasteiger partial charge in [-0.1, -0.05) is 6.92 Å². The van der Waals surface area contributed by atoms with E-state index in [0.717, 1.165) is 25.7 Å². The molecule has 0 unspecified atom stereocenters. The van der Waals surface area contributed by atoms with E-state index in [2.05, 4.69) is 38.1 Å². The maximum Gasteiger partial charge on any atom is 0.225 e. The summed E-state index contributed by atoms with van der Waals surface area (Å²) in [5, 5.41) is 13.5. The van der Waals surface area contributed by atoms with Gasteiger partial charge in [-0.3, -0.25) is 0 Å². The van der Waals surface area contributed by atoms with Crippen LogP contribution in [0.5, 0.6) is 0 Å². The molecule has 1 saturated carbocycles. The van der Waals surface area contributed by atoms with Crippen LogP contribution in [-0.4, -0.2) is 27.2 Å². The molecule has 4 N–H and O–H groups in total. The van der Waals surface area contributed by atoms with Crippen molar-refractivity contribution in [1.29, 1.82) is 0 Å². The second-order valence-corrected chi connectivity index (χ2v) is 6.01. The van der Waals surface area contributed by atoms with Gasteiger partial charge in [0.15, 0.2) is 0 Å². The summed E-state index contributed by atoms with van der Waals surface area (Å²) in [5.41, 5.74) is 4.99. The van der Waals surface area contributed by atoms with Gasteiger partial charge in [0.2, 0.25) is 5.95 Å². The topological polar surface area (TPSA) is 84.1 Å². The smallest absolute Gasteiger partial charge is 0.225 e. The Bertz CT molecular complexity index is 398. The van der Waals surface area contributed by atoms with Crippen molar-refractivity contribution < 1.29 is 5.11 Å². The number of aromatic nitrogens is 2. The van der Waals surface area contributed by atoms with Crippen molar-refractivity contribution in [3.05, 3.63) is 10.7 Å². The molecule has 0 atom stereocenters. The van der Waals surface area contributed by atoms with Crippen LogP contribution in [0.1, 0.15) is 32.6 Å². The number of nitrogens with one attached hydrogen (secondary N) is 1. The Hall–Kier alpha value is -0.880. The summed E-state index contributed by atoms with van der Waals surface area (Å²) in [7, 11) is 0. The number of nitrogens with zero attached hydrogens (tertiary/aromatic N) is 2. The molecule has 0 saturated heterocycles. The average molecular weight is 315 g/mol. The molecule has 1 aromatic heterocycles. The quantitative estimate of drug-likeness (QED) is 0.745. The van der Waals surface area contributed by atoms with Gasteiger partial charge >= 0.3 is 0 Å². The Morgan fingerprint density at radius 3 is 2.78 bits per heavy atom. The Labute approximate surface area is 115 Å². The number of rotatable bonds is 3. The Kier molecular flexibility index (Phi) is 4.07. The number of nitrogen functional groups attached to an aromatic ring is 1. The fraction of sp³-hybridized carbons (Fsp3) is 0.667. The molecule has 0 amide bonds. The van der Waals surface area contributed by atoms with E-state index in [1.54, 1.807) is 6.07 Å². The minimum absolute atomic E-state index is 0.406. The molecule has 0 radical (unpaired) electrons. The molecule has 1 aliphatic carbocycles. The lowest BCUT2D eigenvalue weighted by atomic mass is 9.79. The van der Waals surface area contributed by atoms with Crippen molar-refractivity contribution in [3.8, 4) is 0 Å². The molecule has 5 nitrogen and oxygen atoms in total. The van der Waals surface area contributed by atoms with E-state index in [0.29, 0.717) is 28.8 Å². The minimum atomic E-state index is -0.646. The summed E-state index contributed by atoms with van der Waals surface area (Å²) in [6.45, 7) is 2.70. The molecule has 1 aliphatic rings. The predicted molar refractivity (Wildman–Crippen MR) is 75.2 cm³/mol.